The van der Waals surface area contributed by atoms with Gasteiger partial charge in [0.05, 0.1) is 198 Å². The Morgan fingerprint density at radius 1 is 0.495 bits per heavy atom. The summed E-state index contributed by atoms with van der Waals surface area (Å²) >= 11 is 0. The zero-order chi connectivity index (χ0) is 75.8. The predicted octanol–water partition coefficient (Wildman–Crippen LogP) is 0.177. The van der Waals surface area contributed by atoms with Crippen LogP contribution in [-0.2, 0) is 122 Å². The van der Waals surface area contributed by atoms with E-state index in [4.69, 9.17) is 85.6 Å². The van der Waals surface area contributed by atoms with E-state index in [1.165, 1.54) is 36.4 Å². The van der Waals surface area contributed by atoms with Crippen molar-refractivity contribution in [2.45, 2.75) is 77.9 Å². The average Bonchev–Trinajstić information content (AvgIpc) is 1.59. The van der Waals surface area contributed by atoms with Crippen LogP contribution < -0.4 is 68.8 Å². The van der Waals surface area contributed by atoms with Gasteiger partial charge < -0.3 is 99.6 Å². The van der Waals surface area contributed by atoms with Crippen molar-refractivity contribution in [3.63, 3.8) is 0 Å². The fourth-order valence-electron chi connectivity index (χ4n) is 11.7. The summed E-state index contributed by atoms with van der Waals surface area (Å²) in [6, 6.07) is 13.9. The van der Waals surface area contributed by atoms with Crippen LogP contribution in [0.3, 0.4) is 0 Å². The minimum absolute atomic E-state index is 0. The molecular weight excluding hydrogens is 1480 g/mol. The summed E-state index contributed by atoms with van der Waals surface area (Å²) in [5, 5.41) is 8.82. The number of fused-ring (bicyclic) bond motifs is 2. The standard InChI is InChI=1S/C72H106N2O28S3.2Na/c1-71(22-27-90-38-43-98-50-47-94-34-31-86-3)63-55-61(104(80,81)82)15-17-65(63)73(24-29-92-40-45-100-52-49-96-36-33-88-5)67(71)19-9-57-7-6-8-58(70(57)102-59-11-13-60(14-12-59)103(77,78)79)10-20-68-72(2,23-28-91-39-44-99-51-48-95-35-32-87-4)64-56-62(105(83,84)85)16-18-66(64)74(68)25-30-93-41-46-101-54-53-97-42-37-89-26-21-69(75)76;;/h9-20,55-56H,6-8,21-54H2,1-5H3,(H3-,75,76,77,78,79,80,81,82,83,84,85);;/q;2*+1/p-1. The van der Waals surface area contributed by atoms with Crippen molar-refractivity contribution in [3.8, 4) is 5.75 Å². The Hall–Kier alpha value is -3.55. The Morgan fingerprint density at radius 2 is 0.916 bits per heavy atom. The van der Waals surface area contributed by atoms with E-state index >= 15 is 0 Å². The van der Waals surface area contributed by atoms with Gasteiger partial charge in [0, 0.05) is 75.6 Å². The molecule has 2 unspecified atom stereocenters. The van der Waals surface area contributed by atoms with Crippen LogP contribution in [0.5, 0.6) is 5.75 Å². The first-order valence-corrected chi connectivity index (χ1v) is 39.2. The molecule has 0 fully saturated rings. The molecule has 0 bridgehead atoms. The molecule has 1 aliphatic carbocycles. The second-order valence-corrected chi connectivity index (χ2v) is 28.7. The Morgan fingerprint density at radius 3 is 1.38 bits per heavy atom. The second-order valence-electron chi connectivity index (χ2n) is 24.5. The van der Waals surface area contributed by atoms with E-state index in [0.29, 0.717) is 156 Å². The third-order valence-electron chi connectivity index (χ3n) is 17.2. The van der Waals surface area contributed by atoms with Crippen LogP contribution in [0.1, 0.15) is 63.5 Å². The van der Waals surface area contributed by atoms with Crippen molar-refractivity contribution < 1.29 is 193 Å². The van der Waals surface area contributed by atoms with E-state index in [1.54, 1.807) is 33.5 Å². The number of methoxy groups -OCH3 is 3. The Labute approximate surface area is 674 Å². The molecule has 2 heterocycles. The molecule has 107 heavy (non-hydrogen) atoms. The number of benzene rings is 3. The van der Waals surface area contributed by atoms with Crippen molar-refractivity contribution >= 4 is 53.4 Å². The number of ether oxygens (including phenoxy) is 17. The fourth-order valence-corrected chi connectivity index (χ4v) is 13.2. The van der Waals surface area contributed by atoms with Gasteiger partial charge in [-0.15, -0.1) is 0 Å². The van der Waals surface area contributed by atoms with Gasteiger partial charge in [0.25, 0.3) is 10.1 Å². The molecule has 0 aromatic heterocycles. The van der Waals surface area contributed by atoms with Crippen molar-refractivity contribution in [1.29, 1.82) is 0 Å². The summed E-state index contributed by atoms with van der Waals surface area (Å²) < 4.78 is 210. The fraction of sp³-hybridized carbons (Fsp3) is 0.611. The Bertz CT molecular complexity index is 3640. The second kappa shape index (κ2) is 52.0. The van der Waals surface area contributed by atoms with Crippen LogP contribution in [0.25, 0.3) is 0 Å². The molecule has 30 nitrogen and oxygen atoms in total. The van der Waals surface area contributed by atoms with Crippen LogP contribution in [0.15, 0.2) is 122 Å². The van der Waals surface area contributed by atoms with E-state index in [1.807, 2.05) is 47.6 Å². The number of anilines is 1. The molecule has 0 radical (unpaired) electrons. The van der Waals surface area contributed by atoms with Crippen LogP contribution in [0, 0.1) is 0 Å². The van der Waals surface area contributed by atoms with E-state index in [9.17, 15) is 43.7 Å². The number of carboxylic acid groups (broad SMARTS) is 1. The van der Waals surface area contributed by atoms with Crippen LogP contribution in [0.4, 0.5) is 11.4 Å². The molecule has 0 spiro atoms. The third-order valence-corrected chi connectivity index (χ3v) is 19.7. The van der Waals surface area contributed by atoms with Crippen molar-refractivity contribution in [2.24, 2.45) is 0 Å². The Kier molecular flexibility index (Phi) is 46.5. The zero-order valence-electron chi connectivity index (χ0n) is 62.9. The largest absolute Gasteiger partial charge is 1.00 e. The van der Waals surface area contributed by atoms with Crippen LogP contribution in [0.2, 0.25) is 0 Å². The molecule has 2 atom stereocenters. The number of aliphatic carboxylic acids is 1. The first-order valence-electron chi connectivity index (χ1n) is 35.0. The van der Waals surface area contributed by atoms with Crippen LogP contribution >= 0.6 is 0 Å². The number of allylic oxidation sites excluding steroid dienone is 7. The molecule has 3 aromatic carbocycles. The van der Waals surface area contributed by atoms with Crippen molar-refractivity contribution in [1.82, 2.24) is 0 Å². The number of rotatable bonds is 59. The third kappa shape index (κ3) is 33.2. The summed E-state index contributed by atoms with van der Waals surface area (Å²) in [5.74, 6) is -0.362. The van der Waals surface area contributed by atoms with Gasteiger partial charge in [0.1, 0.15) is 38.4 Å². The molecule has 3 aliphatic rings. The predicted molar refractivity (Wildman–Crippen MR) is 381 cm³/mol. The summed E-state index contributed by atoms with van der Waals surface area (Å²) in [5.41, 5.74) is 3.17. The van der Waals surface area contributed by atoms with E-state index in [2.05, 4.69) is 0 Å². The van der Waals surface area contributed by atoms with Crippen molar-refractivity contribution in [2.75, 3.05) is 231 Å². The van der Waals surface area contributed by atoms with Gasteiger partial charge in [0.15, 0.2) is 12.3 Å². The topological polar surface area (TPSA) is 369 Å². The normalized spacial score (nSPS) is 17.6. The molecule has 2 N–H and O–H groups in total. The molecule has 0 saturated carbocycles. The van der Waals surface area contributed by atoms with Gasteiger partial charge in [-0.1, -0.05) is 6.08 Å². The first kappa shape index (κ1) is 95.8. The summed E-state index contributed by atoms with van der Waals surface area (Å²) in [6.07, 6.45) is 9.72. The van der Waals surface area contributed by atoms with Crippen molar-refractivity contribution in [3.05, 3.63) is 119 Å². The number of hydrogen-bond donors (Lipinski definition) is 2. The van der Waals surface area contributed by atoms with Gasteiger partial charge in [-0.05, 0) is 129 Å². The van der Waals surface area contributed by atoms with Gasteiger partial charge in [-0.25, -0.2) is 16.8 Å². The minimum Gasteiger partial charge on any atom is -0.744 e. The molecule has 0 amide bonds. The number of carbonyl (C=O) groups is 1. The molecule has 35 heteroatoms. The molecule has 3 aromatic rings. The maximum atomic E-state index is 12.9. The maximum Gasteiger partial charge on any atom is 1.00 e. The van der Waals surface area contributed by atoms with E-state index in [-0.39, 0.29) is 208 Å². The number of nitrogens with zero attached hydrogens (tertiary/aromatic N) is 2. The number of hydrogen-bond acceptors (Lipinski definition) is 27. The average molecular weight is 1590 g/mol. The van der Waals surface area contributed by atoms with Crippen LogP contribution in [-0.4, -0.2) is 286 Å². The van der Waals surface area contributed by atoms with Gasteiger partial charge in [-0.2, -0.15) is 13.0 Å². The number of carboxylic acids is 1. The van der Waals surface area contributed by atoms with E-state index in [0.717, 1.165) is 12.1 Å². The first-order chi connectivity index (χ1) is 50.6. The molecule has 6 rings (SSSR count). The maximum absolute atomic E-state index is 12.9. The molecule has 0 saturated heterocycles. The monoisotopic (exact) mass is 1590 g/mol. The quantitative estimate of drug-likeness (QED) is 0.0329. The van der Waals surface area contributed by atoms with E-state index < -0.39 is 56.9 Å². The van der Waals surface area contributed by atoms with Gasteiger partial charge in [-0.3, -0.25) is 9.35 Å². The molecule has 2 aliphatic heterocycles. The zero-order valence-corrected chi connectivity index (χ0v) is 69.3. The summed E-state index contributed by atoms with van der Waals surface area (Å²) in [4.78, 5) is 11.6. The smallest absolute Gasteiger partial charge is 0.744 e. The molecule has 590 valence electrons. The minimum atomic E-state index is -4.95. The van der Waals surface area contributed by atoms with Gasteiger partial charge >= 0.3 is 65.1 Å². The SMILES string of the molecule is COCCOCCOCCOCCN1C(=CC=C2CCCC(C=CC3=[N+](CCOCCOCCOCCOCCC(=O)O)c4ccc(S(=O)(=O)[O-])cc4C3(C)CCOCCOCCOCCOC)=C2Oc2ccc(S(=O)(=O)[O-])cc2)C(C)(CCOCCOCCOCCOC)c2cc(S(=O)(=O)O)ccc21.[Na+].[Na+]. The summed E-state index contributed by atoms with van der Waals surface area (Å²) in [7, 11) is -9.71. The summed E-state index contributed by atoms with van der Waals surface area (Å²) in [6.45, 7) is 13.0. The Balaban J connectivity index is 0.0000121. The van der Waals surface area contributed by atoms with Gasteiger partial charge in [0.2, 0.25) is 5.69 Å². The molecular formula is C72H105N2Na2O28S3+.